The monoisotopic (exact) mass is 481 g/mol. The van der Waals surface area contributed by atoms with Crippen molar-refractivity contribution in [2.24, 2.45) is 5.92 Å². The van der Waals surface area contributed by atoms with Crippen molar-refractivity contribution in [3.05, 3.63) is 23.2 Å². The Morgan fingerprint density at radius 2 is 1.79 bits per heavy atom. The van der Waals surface area contributed by atoms with Crippen LogP contribution in [-0.2, 0) is 14.3 Å². The lowest BCUT2D eigenvalue weighted by Gasteiger charge is -2.36. The minimum atomic E-state index is -0.325. The standard InChI is InChI=1S/C23H36ClN5O4/c1-16(2)22(31)29(12-13-33-5)15-21(30)26-20-14-18(6-7-19(20)24)27-8-10-28(11-9-27)23(32)25-17(3)4/h6-7,14,16-17H,8-13,15H2,1-5H3,(H,25,32)(H,26,30). The van der Waals surface area contributed by atoms with E-state index in [1.807, 2.05) is 26.0 Å². The van der Waals surface area contributed by atoms with E-state index in [-0.39, 0.29) is 36.3 Å². The molecule has 1 saturated heterocycles. The van der Waals surface area contributed by atoms with Gasteiger partial charge in [0.15, 0.2) is 0 Å². The third kappa shape index (κ3) is 8.08. The van der Waals surface area contributed by atoms with Gasteiger partial charge in [0, 0.05) is 57.5 Å². The Kier molecular flexibility index (Phi) is 10.2. The Hall–Kier alpha value is -2.52. The zero-order chi connectivity index (χ0) is 24.5. The Balaban J connectivity index is 2.01. The van der Waals surface area contributed by atoms with Crippen LogP contribution >= 0.6 is 11.6 Å². The second-order valence-corrected chi connectivity index (χ2v) is 9.11. The lowest BCUT2D eigenvalue weighted by molar-refractivity contribution is -0.138. The number of piperazine rings is 1. The summed E-state index contributed by atoms with van der Waals surface area (Å²) < 4.78 is 5.06. The second kappa shape index (κ2) is 12.6. The maximum Gasteiger partial charge on any atom is 0.317 e. The fourth-order valence-corrected chi connectivity index (χ4v) is 3.67. The molecule has 0 bridgehead atoms. The van der Waals surface area contributed by atoms with Crippen LogP contribution in [0.15, 0.2) is 18.2 Å². The number of nitrogens with one attached hydrogen (secondary N) is 2. The van der Waals surface area contributed by atoms with Crippen LogP contribution < -0.4 is 15.5 Å². The number of nitrogens with zero attached hydrogens (tertiary/aromatic N) is 3. The van der Waals surface area contributed by atoms with Crippen molar-refractivity contribution in [3.8, 4) is 0 Å². The molecule has 0 saturated carbocycles. The zero-order valence-corrected chi connectivity index (χ0v) is 20.9. The number of anilines is 2. The number of carbonyl (C=O) groups is 3. The lowest BCUT2D eigenvalue weighted by atomic mass is 10.2. The maximum absolute atomic E-state index is 12.7. The second-order valence-electron chi connectivity index (χ2n) is 8.70. The van der Waals surface area contributed by atoms with Gasteiger partial charge < -0.3 is 30.1 Å². The van der Waals surface area contributed by atoms with Crippen molar-refractivity contribution < 1.29 is 19.1 Å². The normalized spacial score (nSPS) is 13.9. The number of methoxy groups -OCH3 is 1. The summed E-state index contributed by atoms with van der Waals surface area (Å²) in [5, 5.41) is 6.17. The first-order valence-corrected chi connectivity index (χ1v) is 11.7. The predicted molar refractivity (Wildman–Crippen MR) is 131 cm³/mol. The van der Waals surface area contributed by atoms with E-state index in [1.165, 1.54) is 4.90 Å². The number of hydrogen-bond acceptors (Lipinski definition) is 5. The molecule has 9 nitrogen and oxygen atoms in total. The van der Waals surface area contributed by atoms with E-state index in [4.69, 9.17) is 16.3 Å². The van der Waals surface area contributed by atoms with Crippen LogP contribution in [0.4, 0.5) is 16.2 Å². The zero-order valence-electron chi connectivity index (χ0n) is 20.2. The average Bonchev–Trinajstić information content (AvgIpc) is 2.77. The number of amides is 4. The first kappa shape index (κ1) is 26.7. The topological polar surface area (TPSA) is 94.2 Å². The summed E-state index contributed by atoms with van der Waals surface area (Å²) >= 11 is 6.33. The third-order valence-electron chi connectivity index (χ3n) is 5.27. The van der Waals surface area contributed by atoms with Crippen molar-refractivity contribution in [1.82, 2.24) is 15.1 Å². The van der Waals surface area contributed by atoms with Gasteiger partial charge in [-0.1, -0.05) is 25.4 Å². The highest BCUT2D eigenvalue weighted by molar-refractivity contribution is 6.33. The van der Waals surface area contributed by atoms with E-state index < -0.39 is 0 Å². The Bertz CT molecular complexity index is 825. The molecule has 0 spiro atoms. The van der Waals surface area contributed by atoms with Gasteiger partial charge in [0.25, 0.3) is 0 Å². The average molecular weight is 482 g/mol. The molecule has 10 heteroatoms. The van der Waals surface area contributed by atoms with E-state index in [0.717, 1.165) is 5.69 Å². The molecule has 1 heterocycles. The van der Waals surface area contributed by atoms with Gasteiger partial charge in [0.05, 0.1) is 23.9 Å². The van der Waals surface area contributed by atoms with Gasteiger partial charge in [-0.3, -0.25) is 9.59 Å². The largest absolute Gasteiger partial charge is 0.383 e. The highest BCUT2D eigenvalue weighted by atomic mass is 35.5. The molecule has 1 aromatic rings. The summed E-state index contributed by atoms with van der Waals surface area (Å²) in [5.74, 6) is -0.654. The molecule has 0 aromatic heterocycles. The Morgan fingerprint density at radius 1 is 1.12 bits per heavy atom. The lowest BCUT2D eigenvalue weighted by Crippen LogP contribution is -2.52. The number of ether oxygens (including phenoxy) is 1. The molecule has 33 heavy (non-hydrogen) atoms. The molecule has 1 aliphatic rings. The van der Waals surface area contributed by atoms with E-state index in [0.29, 0.717) is 50.0 Å². The van der Waals surface area contributed by atoms with Gasteiger partial charge in [-0.05, 0) is 32.0 Å². The minimum Gasteiger partial charge on any atom is -0.383 e. The van der Waals surface area contributed by atoms with Gasteiger partial charge in [-0.25, -0.2) is 4.79 Å². The minimum absolute atomic E-state index is 0.0531. The molecule has 1 aliphatic heterocycles. The summed E-state index contributed by atoms with van der Waals surface area (Å²) in [4.78, 5) is 42.8. The first-order chi connectivity index (χ1) is 15.6. The number of rotatable bonds is 9. The molecule has 2 rings (SSSR count). The number of urea groups is 1. The van der Waals surface area contributed by atoms with Crippen LogP contribution in [0.2, 0.25) is 5.02 Å². The van der Waals surface area contributed by atoms with E-state index in [9.17, 15) is 14.4 Å². The fourth-order valence-electron chi connectivity index (χ4n) is 3.51. The maximum atomic E-state index is 12.7. The quantitative estimate of drug-likeness (QED) is 0.565. The molecule has 1 fully saturated rings. The van der Waals surface area contributed by atoms with Crippen molar-refractivity contribution in [2.75, 3.05) is 63.2 Å². The Labute approximate surface area is 201 Å². The summed E-state index contributed by atoms with van der Waals surface area (Å²) in [5.41, 5.74) is 1.40. The molecule has 1 aromatic carbocycles. The van der Waals surface area contributed by atoms with Crippen LogP contribution in [-0.4, -0.2) is 86.7 Å². The summed E-state index contributed by atoms with van der Waals surface area (Å²) in [6, 6.07) is 5.51. The van der Waals surface area contributed by atoms with Crippen molar-refractivity contribution in [1.29, 1.82) is 0 Å². The number of benzene rings is 1. The number of hydrogen-bond donors (Lipinski definition) is 2. The Morgan fingerprint density at radius 3 is 2.36 bits per heavy atom. The highest BCUT2D eigenvalue weighted by Gasteiger charge is 2.23. The van der Waals surface area contributed by atoms with Crippen molar-refractivity contribution in [3.63, 3.8) is 0 Å². The summed E-state index contributed by atoms with van der Waals surface area (Å²) in [6.07, 6.45) is 0. The van der Waals surface area contributed by atoms with Gasteiger partial charge in [-0.2, -0.15) is 0 Å². The third-order valence-corrected chi connectivity index (χ3v) is 5.60. The summed E-state index contributed by atoms with van der Waals surface area (Å²) in [7, 11) is 1.56. The number of halogens is 1. The fraction of sp³-hybridized carbons (Fsp3) is 0.609. The van der Waals surface area contributed by atoms with Crippen LogP contribution in [0.1, 0.15) is 27.7 Å². The molecule has 0 unspecified atom stereocenters. The smallest absolute Gasteiger partial charge is 0.317 e. The van der Waals surface area contributed by atoms with Crippen LogP contribution in [0.25, 0.3) is 0 Å². The molecule has 0 aliphatic carbocycles. The molecule has 2 N–H and O–H groups in total. The first-order valence-electron chi connectivity index (χ1n) is 11.3. The van der Waals surface area contributed by atoms with Gasteiger partial charge in [0.1, 0.15) is 0 Å². The molecule has 184 valence electrons. The van der Waals surface area contributed by atoms with Gasteiger partial charge in [0.2, 0.25) is 11.8 Å². The van der Waals surface area contributed by atoms with Crippen LogP contribution in [0.5, 0.6) is 0 Å². The van der Waals surface area contributed by atoms with E-state index >= 15 is 0 Å². The van der Waals surface area contributed by atoms with E-state index in [2.05, 4.69) is 15.5 Å². The van der Waals surface area contributed by atoms with Gasteiger partial charge in [-0.15, -0.1) is 0 Å². The van der Waals surface area contributed by atoms with E-state index in [1.54, 1.807) is 31.9 Å². The molecular formula is C23H36ClN5O4. The SMILES string of the molecule is COCCN(CC(=O)Nc1cc(N2CCN(C(=O)NC(C)C)CC2)ccc1Cl)C(=O)C(C)C. The van der Waals surface area contributed by atoms with Crippen molar-refractivity contribution >= 4 is 40.8 Å². The van der Waals surface area contributed by atoms with Crippen LogP contribution in [0.3, 0.4) is 0 Å². The highest BCUT2D eigenvalue weighted by Crippen LogP contribution is 2.28. The summed E-state index contributed by atoms with van der Waals surface area (Å²) in [6.45, 7) is 10.6. The van der Waals surface area contributed by atoms with Crippen LogP contribution in [0, 0.1) is 5.92 Å². The molecule has 4 amide bonds. The van der Waals surface area contributed by atoms with Gasteiger partial charge >= 0.3 is 6.03 Å². The molecular weight excluding hydrogens is 446 g/mol. The predicted octanol–water partition coefficient (Wildman–Crippen LogP) is 2.65. The van der Waals surface area contributed by atoms with Crippen molar-refractivity contribution in [2.45, 2.75) is 33.7 Å². The number of carbonyl (C=O) groups excluding carboxylic acids is 3. The molecule has 0 radical (unpaired) electrons. The molecule has 0 atom stereocenters.